The van der Waals surface area contributed by atoms with E-state index in [1.807, 2.05) is 4.90 Å². The van der Waals surface area contributed by atoms with Gasteiger partial charge < -0.3 is 20.0 Å². The van der Waals surface area contributed by atoms with E-state index in [0.29, 0.717) is 30.2 Å². The van der Waals surface area contributed by atoms with Crippen molar-refractivity contribution in [3.05, 3.63) is 0 Å². The second-order valence-corrected chi connectivity index (χ2v) is 8.36. The first-order valence-corrected chi connectivity index (χ1v) is 10.6. The molecular formula is C20H37ClN4O2. The van der Waals surface area contributed by atoms with Gasteiger partial charge in [0.15, 0.2) is 0 Å². The predicted molar refractivity (Wildman–Crippen MR) is 110 cm³/mol. The fraction of sp³-hybridized carbons (Fsp3) is 0.900. The Bertz CT molecular complexity index is 488. The number of piperazine rings is 1. The highest BCUT2D eigenvalue weighted by Gasteiger charge is 2.32. The van der Waals surface area contributed by atoms with Crippen molar-refractivity contribution < 1.29 is 9.59 Å². The van der Waals surface area contributed by atoms with Gasteiger partial charge >= 0.3 is 0 Å². The van der Waals surface area contributed by atoms with E-state index in [1.165, 1.54) is 0 Å². The quantitative estimate of drug-likeness (QED) is 0.778. The van der Waals surface area contributed by atoms with Crippen molar-refractivity contribution in [1.82, 2.24) is 20.0 Å². The molecule has 27 heavy (non-hydrogen) atoms. The maximum absolute atomic E-state index is 12.8. The third kappa shape index (κ3) is 6.06. The molecule has 3 aliphatic rings. The van der Waals surface area contributed by atoms with Gasteiger partial charge in [0, 0.05) is 57.6 Å². The van der Waals surface area contributed by atoms with Gasteiger partial charge in [0.25, 0.3) is 0 Å². The van der Waals surface area contributed by atoms with E-state index < -0.39 is 0 Å². The number of nitrogens with zero attached hydrogens (tertiary/aromatic N) is 3. The molecule has 0 bridgehead atoms. The van der Waals surface area contributed by atoms with Crippen molar-refractivity contribution in [3.63, 3.8) is 0 Å². The zero-order chi connectivity index (χ0) is 18.5. The highest BCUT2D eigenvalue weighted by atomic mass is 35.5. The Hall–Kier alpha value is -0.850. The number of carbonyl (C=O) groups excluding carboxylic acids is 2. The lowest BCUT2D eigenvalue weighted by atomic mass is 9.89. The summed E-state index contributed by atoms with van der Waals surface area (Å²) in [5.74, 6) is 1.30. The summed E-state index contributed by atoms with van der Waals surface area (Å²) in [5.41, 5.74) is 0. The highest BCUT2D eigenvalue weighted by molar-refractivity contribution is 5.85. The van der Waals surface area contributed by atoms with Crippen LogP contribution in [0, 0.1) is 11.8 Å². The average Bonchev–Trinajstić information content (AvgIpc) is 2.68. The first-order valence-electron chi connectivity index (χ1n) is 10.6. The van der Waals surface area contributed by atoms with Crippen LogP contribution < -0.4 is 5.32 Å². The van der Waals surface area contributed by atoms with Gasteiger partial charge in [0.1, 0.15) is 0 Å². The summed E-state index contributed by atoms with van der Waals surface area (Å²) in [6.45, 7) is 11.8. The van der Waals surface area contributed by atoms with Crippen LogP contribution in [0.3, 0.4) is 0 Å². The Kier molecular flexibility index (Phi) is 8.83. The normalized spacial score (nSPS) is 27.9. The van der Waals surface area contributed by atoms with Gasteiger partial charge in [-0.3, -0.25) is 9.59 Å². The van der Waals surface area contributed by atoms with Crippen LogP contribution in [0.1, 0.15) is 46.0 Å². The molecule has 2 amide bonds. The topological polar surface area (TPSA) is 55.9 Å². The zero-order valence-electron chi connectivity index (χ0n) is 17.0. The van der Waals surface area contributed by atoms with Gasteiger partial charge in [-0.05, 0) is 51.6 Å². The predicted octanol–water partition coefficient (Wildman–Crippen LogP) is 1.59. The maximum Gasteiger partial charge on any atom is 0.225 e. The van der Waals surface area contributed by atoms with Crippen LogP contribution in [-0.2, 0) is 9.59 Å². The summed E-state index contributed by atoms with van der Waals surface area (Å²) < 4.78 is 0. The van der Waals surface area contributed by atoms with Gasteiger partial charge in [0.05, 0.1) is 0 Å². The summed E-state index contributed by atoms with van der Waals surface area (Å²) in [6, 6.07) is 0.445. The first kappa shape index (κ1) is 22.4. The number of nitrogens with one attached hydrogen (secondary N) is 1. The lowest BCUT2D eigenvalue weighted by Crippen LogP contribution is -2.49. The Labute approximate surface area is 170 Å². The largest absolute Gasteiger partial charge is 0.342 e. The number of piperidine rings is 2. The maximum atomic E-state index is 12.8. The molecule has 156 valence electrons. The molecule has 0 aromatic heterocycles. The van der Waals surface area contributed by atoms with E-state index in [9.17, 15) is 9.59 Å². The van der Waals surface area contributed by atoms with Gasteiger partial charge in [-0.2, -0.15) is 0 Å². The lowest BCUT2D eigenvalue weighted by Gasteiger charge is -2.38. The minimum atomic E-state index is 0. The van der Waals surface area contributed by atoms with Crippen LogP contribution in [0.5, 0.6) is 0 Å². The number of carbonyl (C=O) groups is 2. The van der Waals surface area contributed by atoms with Crippen LogP contribution in [0.25, 0.3) is 0 Å². The molecule has 0 unspecified atom stereocenters. The van der Waals surface area contributed by atoms with Crippen LogP contribution in [0.15, 0.2) is 0 Å². The molecule has 2 atom stereocenters. The zero-order valence-corrected chi connectivity index (χ0v) is 17.8. The number of hydrogen-bond donors (Lipinski definition) is 1. The summed E-state index contributed by atoms with van der Waals surface area (Å²) in [4.78, 5) is 31.8. The van der Waals surface area contributed by atoms with Crippen molar-refractivity contribution in [2.45, 2.75) is 52.0 Å². The third-order valence-corrected chi connectivity index (χ3v) is 6.53. The Morgan fingerprint density at radius 1 is 0.963 bits per heavy atom. The lowest BCUT2D eigenvalue weighted by molar-refractivity contribution is -0.138. The number of likely N-dealkylation sites (tertiary alicyclic amines) is 1. The van der Waals surface area contributed by atoms with Crippen molar-refractivity contribution in [2.24, 2.45) is 11.8 Å². The molecule has 0 radical (unpaired) electrons. The van der Waals surface area contributed by atoms with Crippen LogP contribution >= 0.6 is 12.4 Å². The summed E-state index contributed by atoms with van der Waals surface area (Å²) in [5, 5.41) is 3.42. The number of halogens is 1. The molecule has 0 aromatic carbocycles. The van der Waals surface area contributed by atoms with E-state index >= 15 is 0 Å². The summed E-state index contributed by atoms with van der Waals surface area (Å²) in [7, 11) is 0. The van der Waals surface area contributed by atoms with Crippen molar-refractivity contribution >= 4 is 24.2 Å². The third-order valence-electron chi connectivity index (χ3n) is 6.53. The molecule has 0 saturated carbocycles. The fourth-order valence-corrected chi connectivity index (χ4v) is 4.66. The average molecular weight is 401 g/mol. The van der Waals surface area contributed by atoms with Crippen molar-refractivity contribution in [2.75, 3.05) is 52.4 Å². The molecule has 1 N–H and O–H groups in total. The van der Waals surface area contributed by atoms with Crippen LogP contribution in [0.4, 0.5) is 0 Å². The smallest absolute Gasteiger partial charge is 0.225 e. The number of amides is 2. The standard InChI is InChI=1S/C20H36N4O2.ClH/c1-3-22-10-12-23(13-11-22)19(25)15-17-5-8-24(9-6-17)20(26)18-4-7-21-16(2)14-18;/h16-18,21H,3-15H2,1-2H3;1H/t16-,18-;/m0./s1. The minimum Gasteiger partial charge on any atom is -0.342 e. The molecule has 0 aliphatic carbocycles. The van der Waals surface area contributed by atoms with Crippen molar-refractivity contribution in [3.8, 4) is 0 Å². The Morgan fingerprint density at radius 3 is 2.22 bits per heavy atom. The van der Waals surface area contributed by atoms with E-state index in [-0.39, 0.29) is 18.3 Å². The first-order chi connectivity index (χ1) is 12.6. The Morgan fingerprint density at radius 2 is 1.63 bits per heavy atom. The summed E-state index contributed by atoms with van der Waals surface area (Å²) in [6.07, 6.45) is 4.55. The molecule has 3 fully saturated rings. The van der Waals surface area contributed by atoms with Gasteiger partial charge in [-0.25, -0.2) is 0 Å². The van der Waals surface area contributed by atoms with Crippen LogP contribution in [-0.4, -0.2) is 84.9 Å². The second-order valence-electron chi connectivity index (χ2n) is 8.36. The monoisotopic (exact) mass is 400 g/mol. The molecule has 3 saturated heterocycles. The Balaban J connectivity index is 0.00000261. The van der Waals surface area contributed by atoms with Gasteiger partial charge in [-0.1, -0.05) is 6.92 Å². The number of likely N-dealkylation sites (N-methyl/N-ethyl adjacent to an activating group) is 1. The molecular weight excluding hydrogens is 364 g/mol. The van der Waals surface area contributed by atoms with Crippen LogP contribution in [0.2, 0.25) is 0 Å². The molecule has 6 nitrogen and oxygen atoms in total. The number of hydrogen-bond acceptors (Lipinski definition) is 4. The van der Waals surface area contributed by atoms with E-state index in [2.05, 4.69) is 29.0 Å². The SMILES string of the molecule is CCN1CCN(C(=O)CC2CCN(C(=O)[C@H]3CCN[C@@H](C)C3)CC2)CC1.Cl. The molecule has 7 heteroatoms. The molecule has 3 rings (SSSR count). The van der Waals surface area contributed by atoms with E-state index in [1.54, 1.807) is 0 Å². The van der Waals surface area contributed by atoms with E-state index in [0.717, 1.165) is 78.0 Å². The number of rotatable bonds is 4. The van der Waals surface area contributed by atoms with Crippen molar-refractivity contribution in [1.29, 1.82) is 0 Å². The molecule has 0 aromatic rings. The minimum absolute atomic E-state index is 0. The highest BCUT2D eigenvalue weighted by Crippen LogP contribution is 2.25. The fourth-order valence-electron chi connectivity index (χ4n) is 4.66. The molecule has 3 heterocycles. The van der Waals surface area contributed by atoms with Gasteiger partial charge in [-0.15, -0.1) is 12.4 Å². The van der Waals surface area contributed by atoms with E-state index in [4.69, 9.17) is 0 Å². The summed E-state index contributed by atoms with van der Waals surface area (Å²) >= 11 is 0. The second kappa shape index (κ2) is 10.6. The molecule has 3 aliphatic heterocycles. The molecule has 0 spiro atoms. The van der Waals surface area contributed by atoms with Gasteiger partial charge in [0.2, 0.25) is 11.8 Å².